The van der Waals surface area contributed by atoms with Crippen LogP contribution in [0.15, 0.2) is 18.2 Å². The summed E-state index contributed by atoms with van der Waals surface area (Å²) in [5.41, 5.74) is 0.940. The zero-order valence-electron chi connectivity index (χ0n) is 12.3. The Kier molecular flexibility index (Phi) is 4.10. The van der Waals surface area contributed by atoms with Gasteiger partial charge in [-0.2, -0.15) is 0 Å². The third kappa shape index (κ3) is 3.35. The molecule has 1 aromatic carbocycles. The number of carbonyl (C=O) groups is 1. The van der Waals surface area contributed by atoms with Gasteiger partial charge in [0.05, 0.1) is 7.11 Å². The highest BCUT2D eigenvalue weighted by atomic mass is 19.1. The number of hydrogen-bond acceptors (Lipinski definition) is 3. The number of ether oxygens (including phenoxy) is 1. The molecule has 0 atom stereocenters. The largest absolute Gasteiger partial charge is 0.494 e. The molecule has 4 nitrogen and oxygen atoms in total. The smallest absolute Gasteiger partial charge is 0.225 e. The van der Waals surface area contributed by atoms with Crippen LogP contribution in [0, 0.1) is 11.7 Å². The number of piperazine rings is 1. The van der Waals surface area contributed by atoms with Crippen LogP contribution in [-0.2, 0) is 11.3 Å². The Hall–Kier alpha value is -1.62. The van der Waals surface area contributed by atoms with Crippen molar-refractivity contribution in [3.63, 3.8) is 0 Å². The minimum Gasteiger partial charge on any atom is -0.494 e. The van der Waals surface area contributed by atoms with Crippen LogP contribution in [0.1, 0.15) is 18.4 Å². The summed E-state index contributed by atoms with van der Waals surface area (Å²) in [5.74, 6) is 0.577. The lowest BCUT2D eigenvalue weighted by Gasteiger charge is -2.35. The first-order valence-corrected chi connectivity index (χ1v) is 7.51. The molecule has 1 aliphatic carbocycles. The maximum absolute atomic E-state index is 13.7. The van der Waals surface area contributed by atoms with E-state index in [1.165, 1.54) is 13.2 Å². The highest BCUT2D eigenvalue weighted by Gasteiger charge is 2.34. The number of hydrogen-bond donors (Lipinski definition) is 0. The molecule has 3 rings (SSSR count). The van der Waals surface area contributed by atoms with Crippen LogP contribution in [0.5, 0.6) is 5.75 Å². The van der Waals surface area contributed by atoms with E-state index in [1.54, 1.807) is 6.07 Å². The Bertz CT molecular complexity index is 523. The van der Waals surface area contributed by atoms with Crippen molar-refractivity contribution in [3.05, 3.63) is 29.6 Å². The van der Waals surface area contributed by atoms with E-state index < -0.39 is 0 Å². The van der Waals surface area contributed by atoms with Crippen LogP contribution >= 0.6 is 0 Å². The fourth-order valence-corrected chi connectivity index (χ4v) is 2.78. The topological polar surface area (TPSA) is 32.8 Å². The summed E-state index contributed by atoms with van der Waals surface area (Å²) in [7, 11) is 1.47. The van der Waals surface area contributed by atoms with Gasteiger partial charge in [-0.25, -0.2) is 4.39 Å². The van der Waals surface area contributed by atoms with Gasteiger partial charge in [0.1, 0.15) is 0 Å². The third-order valence-corrected chi connectivity index (χ3v) is 4.23. The molecule has 1 heterocycles. The Labute approximate surface area is 124 Å². The van der Waals surface area contributed by atoms with Gasteiger partial charge in [-0.15, -0.1) is 0 Å². The molecule has 0 unspecified atom stereocenters. The molecule has 114 valence electrons. The zero-order valence-corrected chi connectivity index (χ0v) is 12.3. The van der Waals surface area contributed by atoms with Gasteiger partial charge in [-0.05, 0) is 30.5 Å². The number of nitrogens with zero attached hydrogens (tertiary/aromatic N) is 2. The summed E-state index contributed by atoms with van der Waals surface area (Å²) in [6.07, 6.45) is 2.12. The lowest BCUT2D eigenvalue weighted by molar-refractivity contribution is -0.134. The quantitative estimate of drug-likeness (QED) is 0.849. The maximum Gasteiger partial charge on any atom is 0.225 e. The van der Waals surface area contributed by atoms with E-state index in [-0.39, 0.29) is 11.6 Å². The van der Waals surface area contributed by atoms with E-state index in [0.717, 1.165) is 44.6 Å². The first kappa shape index (κ1) is 14.3. The Morgan fingerprint density at radius 2 is 2.00 bits per heavy atom. The van der Waals surface area contributed by atoms with Crippen LogP contribution in [0.2, 0.25) is 0 Å². The molecule has 2 aliphatic rings. The molecule has 1 saturated carbocycles. The molecule has 0 spiro atoms. The fourth-order valence-electron chi connectivity index (χ4n) is 2.78. The zero-order chi connectivity index (χ0) is 14.8. The molecule has 0 radical (unpaired) electrons. The normalized spacial score (nSPS) is 19.6. The molecule has 1 aliphatic heterocycles. The van der Waals surface area contributed by atoms with Crippen molar-refractivity contribution < 1.29 is 13.9 Å². The summed E-state index contributed by atoms with van der Waals surface area (Å²) in [4.78, 5) is 16.2. The molecule has 0 aromatic heterocycles. The molecule has 5 heteroatoms. The van der Waals surface area contributed by atoms with Gasteiger partial charge < -0.3 is 9.64 Å². The second-order valence-electron chi connectivity index (χ2n) is 5.84. The molecular formula is C16H21FN2O2. The minimum atomic E-state index is -0.322. The SMILES string of the molecule is COc1ccc(CN2CCN(C(=O)C3CC3)CC2)cc1F. The van der Waals surface area contributed by atoms with Crippen molar-refractivity contribution in [3.8, 4) is 5.75 Å². The van der Waals surface area contributed by atoms with Gasteiger partial charge in [0.25, 0.3) is 0 Å². The van der Waals surface area contributed by atoms with E-state index in [9.17, 15) is 9.18 Å². The molecule has 21 heavy (non-hydrogen) atoms. The molecule has 2 fully saturated rings. The van der Waals surface area contributed by atoms with Crippen molar-refractivity contribution in [2.45, 2.75) is 19.4 Å². The maximum atomic E-state index is 13.7. The summed E-state index contributed by atoms with van der Waals surface area (Å²) in [6.45, 7) is 3.99. The highest BCUT2D eigenvalue weighted by molar-refractivity contribution is 5.81. The van der Waals surface area contributed by atoms with E-state index in [2.05, 4.69) is 4.90 Å². The van der Waals surface area contributed by atoms with Gasteiger partial charge >= 0.3 is 0 Å². The Morgan fingerprint density at radius 1 is 1.29 bits per heavy atom. The van der Waals surface area contributed by atoms with Crippen molar-refractivity contribution in [2.24, 2.45) is 5.92 Å². The lowest BCUT2D eigenvalue weighted by atomic mass is 10.1. The number of rotatable bonds is 4. The van der Waals surface area contributed by atoms with Crippen LogP contribution in [-0.4, -0.2) is 49.0 Å². The lowest BCUT2D eigenvalue weighted by Crippen LogP contribution is -2.48. The van der Waals surface area contributed by atoms with Gasteiger partial charge in [-0.3, -0.25) is 9.69 Å². The highest BCUT2D eigenvalue weighted by Crippen LogP contribution is 2.31. The fraction of sp³-hybridized carbons (Fsp3) is 0.562. The third-order valence-electron chi connectivity index (χ3n) is 4.23. The van der Waals surface area contributed by atoms with Crippen LogP contribution in [0.25, 0.3) is 0 Å². The number of halogens is 1. The second kappa shape index (κ2) is 6.02. The van der Waals surface area contributed by atoms with E-state index in [0.29, 0.717) is 18.4 Å². The predicted octanol–water partition coefficient (Wildman–Crippen LogP) is 1.89. The summed E-state index contributed by atoms with van der Waals surface area (Å²) < 4.78 is 18.6. The van der Waals surface area contributed by atoms with Gasteiger partial charge in [0, 0.05) is 38.6 Å². The number of amides is 1. The van der Waals surface area contributed by atoms with Gasteiger partial charge in [0.2, 0.25) is 5.91 Å². The van der Waals surface area contributed by atoms with Crippen LogP contribution in [0.4, 0.5) is 4.39 Å². The van der Waals surface area contributed by atoms with Crippen molar-refractivity contribution >= 4 is 5.91 Å². The molecule has 0 N–H and O–H groups in total. The average Bonchev–Trinajstić information content (AvgIpc) is 3.32. The Balaban J connectivity index is 1.53. The first-order valence-electron chi connectivity index (χ1n) is 7.51. The van der Waals surface area contributed by atoms with Crippen molar-refractivity contribution in [1.82, 2.24) is 9.80 Å². The number of benzene rings is 1. The molecular weight excluding hydrogens is 271 g/mol. The average molecular weight is 292 g/mol. The molecule has 1 aromatic rings. The molecule has 0 bridgehead atoms. The summed E-state index contributed by atoms with van der Waals surface area (Å²) >= 11 is 0. The summed E-state index contributed by atoms with van der Waals surface area (Å²) in [6, 6.07) is 5.09. The van der Waals surface area contributed by atoms with E-state index in [1.807, 2.05) is 11.0 Å². The van der Waals surface area contributed by atoms with Crippen molar-refractivity contribution in [2.75, 3.05) is 33.3 Å². The number of methoxy groups -OCH3 is 1. The van der Waals surface area contributed by atoms with E-state index >= 15 is 0 Å². The van der Waals surface area contributed by atoms with Crippen molar-refractivity contribution in [1.29, 1.82) is 0 Å². The van der Waals surface area contributed by atoms with Gasteiger partial charge in [0.15, 0.2) is 11.6 Å². The second-order valence-corrected chi connectivity index (χ2v) is 5.84. The van der Waals surface area contributed by atoms with E-state index in [4.69, 9.17) is 4.74 Å². The molecule has 1 saturated heterocycles. The Morgan fingerprint density at radius 3 is 2.57 bits per heavy atom. The molecule has 1 amide bonds. The first-order chi connectivity index (χ1) is 10.2. The van der Waals surface area contributed by atoms with Crippen LogP contribution < -0.4 is 4.74 Å². The van der Waals surface area contributed by atoms with Gasteiger partial charge in [-0.1, -0.05) is 6.07 Å². The standard InChI is InChI=1S/C16H21FN2O2/c1-21-15-5-2-12(10-14(15)17)11-18-6-8-19(9-7-18)16(20)13-3-4-13/h2,5,10,13H,3-4,6-9,11H2,1H3. The van der Waals surface area contributed by atoms with Crippen LogP contribution in [0.3, 0.4) is 0 Å². The monoisotopic (exact) mass is 292 g/mol. The predicted molar refractivity (Wildman–Crippen MR) is 77.5 cm³/mol. The summed E-state index contributed by atoms with van der Waals surface area (Å²) in [5, 5.41) is 0. The minimum absolute atomic E-state index is 0.276. The number of carbonyl (C=O) groups excluding carboxylic acids is 1.